The Morgan fingerprint density at radius 2 is 1.95 bits per heavy atom. The molecule has 0 saturated carbocycles. The summed E-state index contributed by atoms with van der Waals surface area (Å²) >= 11 is 5.79. The summed E-state index contributed by atoms with van der Waals surface area (Å²) in [5.74, 6) is 0.176. The van der Waals surface area contributed by atoms with Crippen LogP contribution in [-0.2, 0) is 18.3 Å². The number of hydrogen-bond acceptors (Lipinski definition) is 6. The molecule has 1 aromatic heterocycles. The molecule has 0 spiro atoms. The first kappa shape index (κ1) is 28.2. The van der Waals surface area contributed by atoms with Gasteiger partial charge in [-0.2, -0.15) is 10.3 Å². The zero-order valence-corrected chi connectivity index (χ0v) is 23.0. The molecule has 0 bridgehead atoms. The number of ether oxygens (including phenoxy) is 1. The minimum atomic E-state index is -0.554. The van der Waals surface area contributed by atoms with Crippen molar-refractivity contribution in [3.05, 3.63) is 81.8 Å². The third-order valence-electron chi connectivity index (χ3n) is 6.27. The fourth-order valence-electron chi connectivity index (χ4n) is 4.42. The van der Waals surface area contributed by atoms with Crippen LogP contribution in [0.5, 0.6) is 0 Å². The Balaban J connectivity index is 1.67. The molecule has 9 nitrogen and oxygen atoms in total. The number of aromatic nitrogens is 2. The maximum absolute atomic E-state index is 13.3. The van der Waals surface area contributed by atoms with Gasteiger partial charge >= 0.3 is 6.03 Å². The first-order chi connectivity index (χ1) is 18.8. The smallest absolute Gasteiger partial charge is 0.343 e. The molecule has 0 aliphatic carbocycles. The monoisotopic (exact) mass is 549 g/mol. The van der Waals surface area contributed by atoms with E-state index >= 15 is 0 Å². The van der Waals surface area contributed by atoms with Crippen LogP contribution in [0.2, 0.25) is 0 Å². The number of halogens is 1. The molecule has 1 aliphatic rings. The van der Waals surface area contributed by atoms with Crippen molar-refractivity contribution < 1.29 is 13.9 Å². The van der Waals surface area contributed by atoms with Crippen LogP contribution < -0.4 is 16.1 Å². The van der Waals surface area contributed by atoms with Crippen molar-refractivity contribution >= 4 is 24.1 Å². The van der Waals surface area contributed by atoms with E-state index in [1.54, 1.807) is 28.3 Å². The molecule has 39 heavy (non-hydrogen) atoms. The number of nitrogens with one attached hydrogen (secondary N) is 2. The van der Waals surface area contributed by atoms with E-state index in [4.69, 9.17) is 17.0 Å². The molecular weight excluding hydrogens is 517 g/mol. The van der Waals surface area contributed by atoms with Gasteiger partial charge in [-0.1, -0.05) is 30.3 Å². The Morgan fingerprint density at radius 3 is 2.62 bits per heavy atom. The Morgan fingerprint density at radius 1 is 1.23 bits per heavy atom. The molecule has 2 aromatic carbocycles. The molecule has 1 fully saturated rings. The van der Waals surface area contributed by atoms with Gasteiger partial charge in [0.1, 0.15) is 23.3 Å². The number of benzene rings is 2. The largest absolute Gasteiger partial charge is 0.374 e. The van der Waals surface area contributed by atoms with Crippen molar-refractivity contribution in [2.45, 2.75) is 32.5 Å². The van der Waals surface area contributed by atoms with Gasteiger partial charge < -0.3 is 19.9 Å². The average molecular weight is 550 g/mol. The SMILES string of the molecule is CC(C)NC(=O)/N=c1/c(C#N)c(NCC2CN(Cc3ccc(F)cc3)CCO2)n(-c2ccccc2)c(=S)n1C. The fourth-order valence-corrected chi connectivity index (χ4v) is 4.70. The quantitative estimate of drug-likeness (QED) is 0.434. The van der Waals surface area contributed by atoms with Crippen LogP contribution in [0.15, 0.2) is 59.6 Å². The van der Waals surface area contributed by atoms with Gasteiger partial charge in [0.15, 0.2) is 10.3 Å². The molecule has 1 unspecified atom stereocenters. The average Bonchev–Trinajstić information content (AvgIpc) is 2.92. The van der Waals surface area contributed by atoms with E-state index in [1.165, 1.54) is 12.1 Å². The standard InChI is InChI=1S/C28H32FN7O2S/c1-19(2)32-27(37)33-26-24(15-30)25(36(28(39)34(26)3)22-7-5-4-6-8-22)31-16-23-18-35(13-14-38-23)17-20-9-11-21(29)12-10-20/h4-12,19,23,31H,13-14,16-18H2,1-3H3,(H,32,37)/b33-26-. The highest BCUT2D eigenvalue weighted by Crippen LogP contribution is 2.20. The van der Waals surface area contributed by atoms with E-state index in [2.05, 4.69) is 26.6 Å². The summed E-state index contributed by atoms with van der Waals surface area (Å²) < 4.78 is 23.0. The van der Waals surface area contributed by atoms with E-state index in [0.717, 1.165) is 17.8 Å². The number of urea groups is 1. The number of rotatable bonds is 7. The molecule has 4 rings (SSSR count). The van der Waals surface area contributed by atoms with Crippen LogP contribution in [0, 0.1) is 21.9 Å². The maximum Gasteiger partial charge on any atom is 0.343 e. The first-order valence-electron chi connectivity index (χ1n) is 12.8. The number of anilines is 1. The molecule has 1 saturated heterocycles. The highest BCUT2D eigenvalue weighted by molar-refractivity contribution is 7.71. The van der Waals surface area contributed by atoms with Gasteiger partial charge in [0.05, 0.1) is 12.7 Å². The molecular formula is C28H32FN7O2S. The minimum absolute atomic E-state index is 0.114. The Hall–Kier alpha value is -3.85. The molecule has 2 amide bonds. The first-order valence-corrected chi connectivity index (χ1v) is 13.2. The van der Waals surface area contributed by atoms with Crippen LogP contribution in [0.25, 0.3) is 5.69 Å². The summed E-state index contributed by atoms with van der Waals surface area (Å²) in [7, 11) is 1.69. The highest BCUT2D eigenvalue weighted by Gasteiger charge is 2.23. The van der Waals surface area contributed by atoms with Crippen molar-refractivity contribution in [2.75, 3.05) is 31.6 Å². The molecule has 3 aromatic rings. The third-order valence-corrected chi connectivity index (χ3v) is 6.72. The van der Waals surface area contributed by atoms with Gasteiger partial charge in [0.25, 0.3) is 0 Å². The summed E-state index contributed by atoms with van der Waals surface area (Å²) in [6, 6.07) is 17.5. The number of para-hydroxylation sites is 1. The minimum Gasteiger partial charge on any atom is -0.374 e. The number of hydrogen-bond donors (Lipinski definition) is 2. The van der Waals surface area contributed by atoms with Crippen LogP contribution in [0.1, 0.15) is 25.0 Å². The van der Waals surface area contributed by atoms with E-state index < -0.39 is 6.03 Å². The van der Waals surface area contributed by atoms with Gasteiger partial charge in [-0.15, -0.1) is 0 Å². The second-order valence-electron chi connectivity index (χ2n) is 9.62. The molecule has 1 atom stereocenters. The van der Waals surface area contributed by atoms with Crippen LogP contribution in [-0.4, -0.2) is 58.5 Å². The molecule has 2 heterocycles. The lowest BCUT2D eigenvalue weighted by atomic mass is 10.2. The Labute approximate surface area is 232 Å². The van der Waals surface area contributed by atoms with Crippen LogP contribution in [0.4, 0.5) is 15.0 Å². The predicted octanol–water partition coefficient (Wildman–Crippen LogP) is 3.89. The number of nitrogens with zero attached hydrogens (tertiary/aromatic N) is 5. The van der Waals surface area contributed by atoms with Crippen molar-refractivity contribution in [1.29, 1.82) is 5.26 Å². The molecule has 1 aliphatic heterocycles. The second-order valence-corrected chi connectivity index (χ2v) is 9.99. The Kier molecular flexibility index (Phi) is 9.24. The van der Waals surface area contributed by atoms with Crippen molar-refractivity contribution in [3.8, 4) is 11.8 Å². The second kappa shape index (κ2) is 12.8. The van der Waals surface area contributed by atoms with E-state index in [9.17, 15) is 14.4 Å². The third kappa shape index (κ3) is 6.97. The summed E-state index contributed by atoms with van der Waals surface area (Å²) in [6.07, 6.45) is -0.179. The lowest BCUT2D eigenvalue weighted by Gasteiger charge is -2.33. The van der Waals surface area contributed by atoms with Gasteiger partial charge in [-0.3, -0.25) is 9.47 Å². The Bertz CT molecular complexity index is 1480. The van der Waals surface area contributed by atoms with E-state index in [0.29, 0.717) is 36.8 Å². The fraction of sp³-hybridized carbons (Fsp3) is 0.357. The zero-order valence-electron chi connectivity index (χ0n) is 22.2. The van der Waals surface area contributed by atoms with Crippen molar-refractivity contribution in [3.63, 3.8) is 0 Å². The summed E-state index contributed by atoms with van der Waals surface area (Å²) in [5.41, 5.74) is 2.14. The number of carbonyl (C=O) groups is 1. The highest BCUT2D eigenvalue weighted by atomic mass is 32.1. The van der Waals surface area contributed by atoms with Crippen molar-refractivity contribution in [2.24, 2.45) is 12.0 Å². The van der Waals surface area contributed by atoms with E-state index in [1.807, 2.05) is 44.2 Å². The topological polar surface area (TPSA) is 99.6 Å². The van der Waals surface area contributed by atoms with E-state index in [-0.39, 0.29) is 29.0 Å². The number of nitriles is 1. The molecule has 11 heteroatoms. The summed E-state index contributed by atoms with van der Waals surface area (Å²) in [5, 5.41) is 16.3. The van der Waals surface area contributed by atoms with Crippen LogP contribution >= 0.6 is 12.2 Å². The van der Waals surface area contributed by atoms with Gasteiger partial charge in [0, 0.05) is 45.0 Å². The predicted molar refractivity (Wildman–Crippen MR) is 149 cm³/mol. The lowest BCUT2D eigenvalue weighted by Crippen LogP contribution is -2.45. The van der Waals surface area contributed by atoms with Crippen LogP contribution in [0.3, 0.4) is 0 Å². The maximum atomic E-state index is 13.3. The molecule has 0 radical (unpaired) electrons. The number of carbonyl (C=O) groups excluding carboxylic acids is 1. The number of amides is 2. The van der Waals surface area contributed by atoms with Crippen molar-refractivity contribution in [1.82, 2.24) is 19.4 Å². The number of morpholine rings is 1. The molecule has 2 N–H and O–H groups in total. The van der Waals surface area contributed by atoms with Gasteiger partial charge in [0.2, 0.25) is 0 Å². The lowest BCUT2D eigenvalue weighted by molar-refractivity contribution is -0.0241. The zero-order chi connectivity index (χ0) is 27.9. The van der Waals surface area contributed by atoms with Gasteiger partial charge in [-0.25, -0.2) is 9.18 Å². The van der Waals surface area contributed by atoms with Gasteiger partial charge in [-0.05, 0) is 55.9 Å². The normalized spacial score (nSPS) is 16.2. The molecule has 204 valence electrons. The summed E-state index contributed by atoms with van der Waals surface area (Å²) in [4.78, 5) is 19.0. The summed E-state index contributed by atoms with van der Waals surface area (Å²) in [6.45, 7) is 6.69.